The molecule has 4 rings (SSSR count). The highest BCUT2D eigenvalue weighted by Gasteiger charge is 2.44. The van der Waals surface area contributed by atoms with Gasteiger partial charge in [-0.25, -0.2) is 8.42 Å². The largest absolute Gasteiger partial charge is 0.297 e. The number of aromatic nitrogens is 1. The highest BCUT2D eigenvalue weighted by molar-refractivity contribution is 7.89. The summed E-state index contributed by atoms with van der Waals surface area (Å²) in [5, 5.41) is 0. The van der Waals surface area contributed by atoms with E-state index in [1.54, 1.807) is 11.2 Å². The van der Waals surface area contributed by atoms with Gasteiger partial charge >= 0.3 is 0 Å². The summed E-state index contributed by atoms with van der Waals surface area (Å²) in [6.45, 7) is 7.66. The lowest BCUT2D eigenvalue weighted by atomic mass is 9.69. The summed E-state index contributed by atoms with van der Waals surface area (Å²) in [7, 11) is -3.20. The summed E-state index contributed by atoms with van der Waals surface area (Å²) in [5.41, 5.74) is 4.60. The molecule has 1 fully saturated rings. The Morgan fingerprint density at radius 3 is 2.54 bits per heavy atom. The van der Waals surface area contributed by atoms with Gasteiger partial charge in [0.25, 0.3) is 0 Å². The van der Waals surface area contributed by atoms with Crippen LogP contribution in [0.25, 0.3) is 0 Å². The monoisotopic (exact) mass is 399 g/mol. The Hall–Kier alpha value is -1.76. The molecule has 150 valence electrons. The molecule has 1 saturated heterocycles. The van der Waals surface area contributed by atoms with Crippen molar-refractivity contribution in [3.8, 4) is 0 Å². The molecular formula is C22H29N3O2S. The molecule has 0 radical (unpaired) electrons. The van der Waals surface area contributed by atoms with Gasteiger partial charge in [0.1, 0.15) is 0 Å². The van der Waals surface area contributed by atoms with E-state index in [-0.39, 0.29) is 11.2 Å². The fourth-order valence-corrected chi connectivity index (χ4v) is 5.85. The number of hydrogen-bond acceptors (Lipinski definition) is 4. The van der Waals surface area contributed by atoms with Crippen molar-refractivity contribution in [2.45, 2.75) is 45.2 Å². The smallest absolute Gasteiger partial charge is 0.214 e. The van der Waals surface area contributed by atoms with Crippen LogP contribution < -0.4 is 0 Å². The Labute approximate surface area is 168 Å². The van der Waals surface area contributed by atoms with Gasteiger partial charge in [0, 0.05) is 30.7 Å². The zero-order valence-corrected chi connectivity index (χ0v) is 17.6. The van der Waals surface area contributed by atoms with Crippen LogP contribution in [-0.4, -0.2) is 48.0 Å². The van der Waals surface area contributed by atoms with E-state index in [1.165, 1.54) is 11.1 Å². The molecule has 0 amide bonds. The number of fused-ring (bicyclic) bond motifs is 2. The summed E-state index contributed by atoms with van der Waals surface area (Å²) >= 11 is 0. The highest BCUT2D eigenvalue weighted by Crippen LogP contribution is 2.42. The number of likely N-dealkylation sites (tertiary alicyclic amines) is 1. The lowest BCUT2D eigenvalue weighted by molar-refractivity contribution is 0.123. The van der Waals surface area contributed by atoms with Gasteiger partial charge in [-0.05, 0) is 63.0 Å². The predicted octanol–water partition coefficient (Wildman–Crippen LogP) is 3.09. The van der Waals surface area contributed by atoms with Gasteiger partial charge in [-0.1, -0.05) is 30.3 Å². The Bertz CT molecular complexity index is 950. The molecule has 1 spiro atoms. The van der Waals surface area contributed by atoms with E-state index in [0.29, 0.717) is 13.1 Å². The van der Waals surface area contributed by atoms with Gasteiger partial charge in [0.2, 0.25) is 10.0 Å². The van der Waals surface area contributed by atoms with E-state index < -0.39 is 10.0 Å². The van der Waals surface area contributed by atoms with E-state index >= 15 is 0 Å². The van der Waals surface area contributed by atoms with Crippen LogP contribution in [-0.2, 0) is 28.5 Å². The number of aryl methyl sites for hydroxylation is 1. The first-order valence-corrected chi connectivity index (χ1v) is 11.7. The van der Waals surface area contributed by atoms with Crippen molar-refractivity contribution >= 4 is 10.0 Å². The van der Waals surface area contributed by atoms with E-state index in [9.17, 15) is 8.42 Å². The molecule has 5 nitrogen and oxygen atoms in total. The molecule has 0 N–H and O–H groups in total. The molecule has 28 heavy (non-hydrogen) atoms. The maximum Gasteiger partial charge on any atom is 0.214 e. The Kier molecular flexibility index (Phi) is 5.29. The molecule has 0 saturated carbocycles. The van der Waals surface area contributed by atoms with Gasteiger partial charge in [0.15, 0.2) is 0 Å². The van der Waals surface area contributed by atoms with Crippen molar-refractivity contribution in [3.63, 3.8) is 0 Å². The minimum Gasteiger partial charge on any atom is -0.297 e. The van der Waals surface area contributed by atoms with Crippen molar-refractivity contribution in [3.05, 3.63) is 65.0 Å². The third-order valence-corrected chi connectivity index (χ3v) is 8.09. The maximum atomic E-state index is 12.6. The van der Waals surface area contributed by atoms with Gasteiger partial charge in [0.05, 0.1) is 11.4 Å². The number of sulfonamides is 1. The minimum absolute atomic E-state index is 0.0758. The van der Waals surface area contributed by atoms with Crippen LogP contribution in [0.5, 0.6) is 0 Å². The number of benzene rings is 1. The lowest BCUT2D eigenvalue weighted by Gasteiger charge is -2.48. The molecule has 1 aromatic carbocycles. The van der Waals surface area contributed by atoms with Gasteiger partial charge < -0.3 is 0 Å². The Morgan fingerprint density at radius 2 is 1.82 bits per heavy atom. The maximum absolute atomic E-state index is 12.6. The molecular weight excluding hydrogens is 370 g/mol. The summed E-state index contributed by atoms with van der Waals surface area (Å²) in [4.78, 5) is 7.08. The zero-order valence-electron chi connectivity index (χ0n) is 16.8. The standard InChI is InChI=1S/C22H29N3O2S/c1-3-28(26,27)25-15-19-8-4-5-10-21(19)22(17-25)11-13-24(14-12-22)16-20-9-6-7-18(2)23-20/h4-10H,3,11-17H2,1-2H3. The third kappa shape index (κ3) is 3.73. The molecule has 2 aromatic rings. The second-order valence-electron chi connectivity index (χ2n) is 8.15. The van der Waals surface area contributed by atoms with Crippen LogP contribution >= 0.6 is 0 Å². The molecule has 6 heteroatoms. The molecule has 0 aliphatic carbocycles. The quantitative estimate of drug-likeness (QED) is 0.793. The van der Waals surface area contributed by atoms with Crippen molar-refractivity contribution < 1.29 is 8.42 Å². The first kappa shape index (κ1) is 19.6. The van der Waals surface area contributed by atoms with Crippen LogP contribution in [0, 0.1) is 6.92 Å². The molecule has 0 bridgehead atoms. The first-order chi connectivity index (χ1) is 13.4. The normalized spacial score (nSPS) is 20.2. The van der Waals surface area contributed by atoms with Crippen LogP contribution in [0.4, 0.5) is 0 Å². The molecule has 2 aliphatic rings. The van der Waals surface area contributed by atoms with Crippen molar-refractivity contribution in [2.75, 3.05) is 25.4 Å². The predicted molar refractivity (Wildman–Crippen MR) is 111 cm³/mol. The average Bonchev–Trinajstić information content (AvgIpc) is 2.70. The minimum atomic E-state index is -3.20. The van der Waals surface area contributed by atoms with E-state index in [2.05, 4.69) is 40.2 Å². The molecule has 1 aromatic heterocycles. The van der Waals surface area contributed by atoms with E-state index in [0.717, 1.165) is 43.9 Å². The van der Waals surface area contributed by atoms with Crippen molar-refractivity contribution in [2.24, 2.45) is 0 Å². The van der Waals surface area contributed by atoms with Crippen LogP contribution in [0.2, 0.25) is 0 Å². The molecule has 2 aliphatic heterocycles. The number of rotatable bonds is 4. The fraction of sp³-hybridized carbons (Fsp3) is 0.500. The Morgan fingerprint density at radius 1 is 1.07 bits per heavy atom. The number of pyridine rings is 1. The SMILES string of the molecule is CCS(=O)(=O)N1Cc2ccccc2C2(CCN(Cc3cccc(C)n3)CC2)C1. The average molecular weight is 400 g/mol. The summed E-state index contributed by atoms with van der Waals surface area (Å²) < 4.78 is 27.0. The lowest BCUT2D eigenvalue weighted by Crippen LogP contribution is -2.53. The topological polar surface area (TPSA) is 53.5 Å². The van der Waals surface area contributed by atoms with Crippen LogP contribution in [0.3, 0.4) is 0 Å². The van der Waals surface area contributed by atoms with Gasteiger partial charge in [-0.3, -0.25) is 9.88 Å². The van der Waals surface area contributed by atoms with Gasteiger partial charge in [-0.15, -0.1) is 0 Å². The second kappa shape index (κ2) is 7.58. The van der Waals surface area contributed by atoms with Crippen LogP contribution in [0.15, 0.2) is 42.5 Å². The molecule has 0 unspecified atom stereocenters. The fourth-order valence-electron chi connectivity index (χ4n) is 4.71. The van der Waals surface area contributed by atoms with E-state index in [1.807, 2.05) is 19.1 Å². The highest BCUT2D eigenvalue weighted by atomic mass is 32.2. The van der Waals surface area contributed by atoms with Crippen molar-refractivity contribution in [1.82, 2.24) is 14.2 Å². The summed E-state index contributed by atoms with van der Waals surface area (Å²) in [5.74, 6) is 0.163. The zero-order chi connectivity index (χ0) is 19.8. The Balaban J connectivity index is 1.56. The van der Waals surface area contributed by atoms with Crippen molar-refractivity contribution in [1.29, 1.82) is 0 Å². The van der Waals surface area contributed by atoms with Gasteiger partial charge in [-0.2, -0.15) is 4.31 Å². The number of piperidine rings is 1. The summed E-state index contributed by atoms with van der Waals surface area (Å²) in [6, 6.07) is 14.6. The third-order valence-electron chi connectivity index (χ3n) is 6.32. The molecule has 0 atom stereocenters. The number of hydrogen-bond donors (Lipinski definition) is 0. The summed E-state index contributed by atoms with van der Waals surface area (Å²) in [6.07, 6.45) is 1.96. The number of nitrogens with zero attached hydrogens (tertiary/aromatic N) is 3. The first-order valence-electron chi connectivity index (χ1n) is 10.1. The molecule has 3 heterocycles. The van der Waals surface area contributed by atoms with E-state index in [4.69, 9.17) is 0 Å². The van der Waals surface area contributed by atoms with Crippen LogP contribution in [0.1, 0.15) is 42.3 Å². The second-order valence-corrected chi connectivity index (χ2v) is 10.4.